The second-order valence-electron chi connectivity index (χ2n) is 4.67. The van der Waals surface area contributed by atoms with Gasteiger partial charge in [-0.05, 0) is 39.3 Å². The van der Waals surface area contributed by atoms with Crippen molar-refractivity contribution >= 4 is 10.0 Å². The molecule has 1 fully saturated rings. The summed E-state index contributed by atoms with van der Waals surface area (Å²) in [6.45, 7) is 4.45. The van der Waals surface area contributed by atoms with Crippen molar-refractivity contribution in [2.24, 2.45) is 0 Å². The van der Waals surface area contributed by atoms with Crippen LogP contribution in [-0.2, 0) is 10.0 Å². The Bertz CT molecular complexity index is 306. The highest BCUT2D eigenvalue weighted by molar-refractivity contribution is 7.89. The van der Waals surface area contributed by atoms with E-state index in [0.29, 0.717) is 12.6 Å². The summed E-state index contributed by atoms with van der Waals surface area (Å²) < 4.78 is 25.0. The zero-order valence-corrected chi connectivity index (χ0v) is 11.4. The summed E-state index contributed by atoms with van der Waals surface area (Å²) in [6, 6.07) is 0.623. The third-order valence-electron chi connectivity index (χ3n) is 3.24. The van der Waals surface area contributed by atoms with Gasteiger partial charge in [-0.15, -0.1) is 0 Å². The van der Waals surface area contributed by atoms with Gasteiger partial charge in [0.05, 0.1) is 12.4 Å². The lowest BCUT2D eigenvalue weighted by Gasteiger charge is -2.33. The molecule has 0 aliphatic carbocycles. The van der Waals surface area contributed by atoms with Crippen LogP contribution in [0.5, 0.6) is 0 Å². The van der Waals surface area contributed by atoms with Gasteiger partial charge in [0.2, 0.25) is 10.0 Å². The van der Waals surface area contributed by atoms with Gasteiger partial charge in [0.1, 0.15) is 0 Å². The lowest BCUT2D eigenvalue weighted by atomic mass is 10.0. The maximum absolute atomic E-state index is 11.3. The average molecular weight is 264 g/mol. The predicted octanol–water partition coefficient (Wildman–Crippen LogP) is 0.163. The van der Waals surface area contributed by atoms with Crippen LogP contribution in [0.1, 0.15) is 32.6 Å². The molecule has 17 heavy (non-hydrogen) atoms. The Balaban J connectivity index is 2.15. The number of nitrogens with one attached hydrogen (secondary N) is 1. The number of aliphatic hydroxyl groups excluding tert-OH is 1. The SMILES string of the molecule is CC1CCCCN1CCCNS(=O)(=O)CCO. The third-order valence-corrected chi connectivity index (χ3v) is 4.61. The van der Waals surface area contributed by atoms with Crippen LogP contribution in [0.4, 0.5) is 0 Å². The minimum absolute atomic E-state index is 0.201. The molecule has 0 radical (unpaired) electrons. The van der Waals surface area contributed by atoms with Gasteiger partial charge in [0, 0.05) is 12.6 Å². The smallest absolute Gasteiger partial charge is 0.213 e. The van der Waals surface area contributed by atoms with Gasteiger partial charge in [-0.2, -0.15) is 0 Å². The molecule has 0 bridgehead atoms. The quantitative estimate of drug-likeness (QED) is 0.643. The molecule has 1 unspecified atom stereocenters. The molecule has 0 aromatic carbocycles. The summed E-state index contributed by atoms with van der Waals surface area (Å²) in [7, 11) is -3.27. The molecular weight excluding hydrogens is 240 g/mol. The number of hydrogen-bond donors (Lipinski definition) is 2. The number of aliphatic hydroxyl groups is 1. The maximum atomic E-state index is 11.3. The Morgan fingerprint density at radius 1 is 1.41 bits per heavy atom. The Labute approximate surface area is 104 Å². The van der Waals surface area contributed by atoms with E-state index < -0.39 is 10.0 Å². The highest BCUT2D eigenvalue weighted by Crippen LogP contribution is 2.15. The summed E-state index contributed by atoms with van der Waals surface area (Å²) in [5.41, 5.74) is 0. The molecule has 0 spiro atoms. The Morgan fingerprint density at radius 3 is 2.82 bits per heavy atom. The lowest BCUT2D eigenvalue weighted by molar-refractivity contribution is 0.159. The highest BCUT2D eigenvalue weighted by Gasteiger charge is 2.17. The standard InChI is InChI=1S/C11H24N2O3S/c1-11-5-2-3-7-13(11)8-4-6-12-17(15,16)10-9-14/h11-12,14H,2-10H2,1H3. The van der Waals surface area contributed by atoms with Gasteiger partial charge in [0.15, 0.2) is 0 Å². The Hall–Kier alpha value is -0.170. The molecule has 5 nitrogen and oxygen atoms in total. The van der Waals surface area contributed by atoms with Gasteiger partial charge in [0.25, 0.3) is 0 Å². The van der Waals surface area contributed by atoms with Crippen LogP contribution in [0, 0.1) is 0 Å². The van der Waals surface area contributed by atoms with Crippen LogP contribution in [0.3, 0.4) is 0 Å². The van der Waals surface area contributed by atoms with E-state index in [4.69, 9.17) is 5.11 Å². The minimum Gasteiger partial charge on any atom is -0.395 e. The van der Waals surface area contributed by atoms with Gasteiger partial charge < -0.3 is 10.0 Å². The summed E-state index contributed by atoms with van der Waals surface area (Å²) in [4.78, 5) is 2.42. The van der Waals surface area contributed by atoms with Crippen LogP contribution in [0.2, 0.25) is 0 Å². The number of hydrogen-bond acceptors (Lipinski definition) is 4. The molecule has 1 saturated heterocycles. The fourth-order valence-electron chi connectivity index (χ4n) is 2.19. The molecule has 0 amide bonds. The second-order valence-corrected chi connectivity index (χ2v) is 6.60. The molecule has 1 heterocycles. The summed E-state index contributed by atoms with van der Waals surface area (Å²) in [5.74, 6) is -0.201. The fourth-order valence-corrected chi connectivity index (χ4v) is 3.03. The van der Waals surface area contributed by atoms with Crippen molar-refractivity contribution in [2.45, 2.75) is 38.6 Å². The predicted molar refractivity (Wildman–Crippen MR) is 68.4 cm³/mol. The lowest BCUT2D eigenvalue weighted by Crippen LogP contribution is -2.39. The molecular formula is C11H24N2O3S. The van der Waals surface area contributed by atoms with Gasteiger partial charge in [-0.3, -0.25) is 0 Å². The van der Waals surface area contributed by atoms with Crippen molar-refractivity contribution < 1.29 is 13.5 Å². The van der Waals surface area contributed by atoms with Crippen molar-refractivity contribution in [3.63, 3.8) is 0 Å². The van der Waals surface area contributed by atoms with E-state index in [2.05, 4.69) is 16.5 Å². The molecule has 0 aromatic heterocycles. The number of sulfonamides is 1. The molecule has 1 atom stereocenters. The number of likely N-dealkylation sites (tertiary alicyclic amines) is 1. The van der Waals surface area contributed by atoms with Crippen LogP contribution < -0.4 is 4.72 Å². The monoisotopic (exact) mass is 264 g/mol. The molecule has 0 aromatic rings. The van der Waals surface area contributed by atoms with Crippen molar-refractivity contribution in [3.05, 3.63) is 0 Å². The fraction of sp³-hybridized carbons (Fsp3) is 1.00. The van der Waals surface area contributed by atoms with Crippen LogP contribution in [0.25, 0.3) is 0 Å². The van der Waals surface area contributed by atoms with Crippen molar-refractivity contribution in [2.75, 3.05) is 32.0 Å². The zero-order chi connectivity index (χ0) is 12.7. The normalized spacial score (nSPS) is 22.8. The third kappa shape index (κ3) is 5.81. The molecule has 0 saturated carbocycles. The van der Waals surface area contributed by atoms with E-state index in [9.17, 15) is 8.42 Å². The van der Waals surface area contributed by atoms with E-state index in [1.54, 1.807) is 0 Å². The van der Waals surface area contributed by atoms with Crippen LogP contribution >= 0.6 is 0 Å². The van der Waals surface area contributed by atoms with E-state index in [1.165, 1.54) is 19.3 Å². The molecule has 6 heteroatoms. The van der Waals surface area contributed by atoms with Crippen molar-refractivity contribution in [1.82, 2.24) is 9.62 Å². The first-order valence-electron chi connectivity index (χ1n) is 6.37. The molecule has 2 N–H and O–H groups in total. The molecule has 1 aliphatic rings. The largest absolute Gasteiger partial charge is 0.395 e. The molecule has 1 aliphatic heterocycles. The van der Waals surface area contributed by atoms with E-state index in [1.807, 2.05) is 0 Å². The average Bonchev–Trinajstić information content (AvgIpc) is 2.26. The molecule has 1 rings (SSSR count). The summed E-state index contributed by atoms with van der Waals surface area (Å²) >= 11 is 0. The zero-order valence-electron chi connectivity index (χ0n) is 10.6. The van der Waals surface area contributed by atoms with E-state index >= 15 is 0 Å². The highest BCUT2D eigenvalue weighted by atomic mass is 32.2. The number of rotatable bonds is 7. The first-order chi connectivity index (χ1) is 8.05. The van der Waals surface area contributed by atoms with Gasteiger partial charge in [-0.25, -0.2) is 13.1 Å². The van der Waals surface area contributed by atoms with Gasteiger partial charge in [-0.1, -0.05) is 6.42 Å². The first kappa shape index (κ1) is 14.9. The van der Waals surface area contributed by atoms with Crippen LogP contribution in [0.15, 0.2) is 0 Å². The van der Waals surface area contributed by atoms with Gasteiger partial charge >= 0.3 is 0 Å². The number of nitrogens with zero attached hydrogens (tertiary/aromatic N) is 1. The first-order valence-corrected chi connectivity index (χ1v) is 8.02. The number of piperidine rings is 1. The van der Waals surface area contributed by atoms with E-state index in [-0.39, 0.29) is 12.4 Å². The topological polar surface area (TPSA) is 69.6 Å². The summed E-state index contributed by atoms with van der Waals surface area (Å²) in [5, 5.41) is 8.57. The Kier molecular flexibility index (Phi) is 6.40. The second kappa shape index (κ2) is 7.31. The van der Waals surface area contributed by atoms with Crippen molar-refractivity contribution in [1.29, 1.82) is 0 Å². The minimum atomic E-state index is -3.27. The Morgan fingerprint density at radius 2 is 2.18 bits per heavy atom. The van der Waals surface area contributed by atoms with Crippen molar-refractivity contribution in [3.8, 4) is 0 Å². The molecule has 102 valence electrons. The van der Waals surface area contributed by atoms with E-state index in [0.717, 1.165) is 19.5 Å². The van der Waals surface area contributed by atoms with Crippen LogP contribution in [-0.4, -0.2) is 56.5 Å². The maximum Gasteiger partial charge on any atom is 0.213 e. The summed E-state index contributed by atoms with van der Waals surface area (Å²) in [6.07, 6.45) is 4.63.